The summed E-state index contributed by atoms with van der Waals surface area (Å²) in [6.45, 7) is 3.05. The first-order valence-corrected chi connectivity index (χ1v) is 7.27. The minimum Gasteiger partial charge on any atom is -0.466 e. The number of halogens is 2. The first-order chi connectivity index (χ1) is 9.13. The summed E-state index contributed by atoms with van der Waals surface area (Å²) < 4.78 is 18.4. The average Bonchev–Trinajstić information content (AvgIpc) is 2.36. The molecule has 0 aliphatic heterocycles. The fourth-order valence-electron chi connectivity index (χ4n) is 1.66. The molecule has 0 radical (unpaired) electrons. The van der Waals surface area contributed by atoms with Gasteiger partial charge in [-0.15, -0.1) is 0 Å². The molecule has 0 aliphatic rings. The van der Waals surface area contributed by atoms with Crippen LogP contribution in [0.25, 0.3) is 0 Å². The highest BCUT2D eigenvalue weighted by Crippen LogP contribution is 2.22. The third kappa shape index (κ3) is 6.57. The Balaban J connectivity index is 2.12. The van der Waals surface area contributed by atoms with E-state index in [1.807, 2.05) is 6.92 Å². The molecule has 0 amide bonds. The fourth-order valence-corrected chi connectivity index (χ4v) is 2.15. The van der Waals surface area contributed by atoms with E-state index in [0.717, 1.165) is 36.0 Å². The molecule has 0 atom stereocenters. The smallest absolute Gasteiger partial charge is 0.305 e. The summed E-state index contributed by atoms with van der Waals surface area (Å²) in [7, 11) is 0. The van der Waals surface area contributed by atoms with Crippen LogP contribution in [0.4, 0.5) is 10.1 Å². The Labute approximate surface area is 121 Å². The zero-order valence-electron chi connectivity index (χ0n) is 11.0. The number of benzene rings is 1. The van der Waals surface area contributed by atoms with E-state index in [9.17, 15) is 9.18 Å². The Kier molecular flexibility index (Phi) is 7.48. The minimum atomic E-state index is -0.258. The number of unbranched alkanes of at least 4 members (excludes halogenated alkanes) is 2. The van der Waals surface area contributed by atoms with Gasteiger partial charge < -0.3 is 10.1 Å². The molecule has 1 N–H and O–H groups in total. The number of esters is 1. The number of carbonyl (C=O) groups is 1. The van der Waals surface area contributed by atoms with Crippen molar-refractivity contribution in [3.63, 3.8) is 0 Å². The highest BCUT2D eigenvalue weighted by atomic mass is 79.9. The van der Waals surface area contributed by atoms with E-state index in [1.165, 1.54) is 12.1 Å². The van der Waals surface area contributed by atoms with Gasteiger partial charge in [-0.1, -0.05) is 6.42 Å². The molecule has 1 rings (SSSR count). The number of carbonyl (C=O) groups excluding carboxylic acids is 1. The van der Waals surface area contributed by atoms with Crippen LogP contribution in [-0.4, -0.2) is 19.1 Å². The van der Waals surface area contributed by atoms with Gasteiger partial charge in [0, 0.05) is 23.1 Å². The Morgan fingerprint density at radius 3 is 2.84 bits per heavy atom. The SMILES string of the molecule is CCOC(=O)CCCCCNc1ccc(F)cc1Br. The second-order valence-electron chi connectivity index (χ2n) is 4.17. The number of hydrogen-bond donors (Lipinski definition) is 1. The summed E-state index contributed by atoms with van der Waals surface area (Å²) >= 11 is 3.30. The molecule has 1 aromatic carbocycles. The van der Waals surface area contributed by atoms with Gasteiger partial charge in [-0.2, -0.15) is 0 Å². The van der Waals surface area contributed by atoms with E-state index < -0.39 is 0 Å². The molecule has 0 bridgehead atoms. The maximum absolute atomic E-state index is 12.9. The Hall–Kier alpha value is -1.10. The van der Waals surface area contributed by atoms with Crippen molar-refractivity contribution in [2.45, 2.75) is 32.6 Å². The molecule has 0 fully saturated rings. The summed E-state index contributed by atoms with van der Waals surface area (Å²) in [6, 6.07) is 4.56. The summed E-state index contributed by atoms with van der Waals surface area (Å²) in [6.07, 6.45) is 3.24. The van der Waals surface area contributed by atoms with Crippen LogP contribution in [0.15, 0.2) is 22.7 Å². The molecule has 0 saturated carbocycles. The Morgan fingerprint density at radius 1 is 1.37 bits per heavy atom. The molecule has 5 heteroatoms. The van der Waals surface area contributed by atoms with Crippen molar-refractivity contribution in [3.05, 3.63) is 28.5 Å². The highest BCUT2D eigenvalue weighted by molar-refractivity contribution is 9.10. The molecular formula is C14H19BrFNO2. The number of rotatable bonds is 8. The van der Waals surface area contributed by atoms with Gasteiger partial charge in [-0.3, -0.25) is 4.79 Å². The lowest BCUT2D eigenvalue weighted by atomic mass is 10.2. The van der Waals surface area contributed by atoms with Gasteiger partial charge in [0.25, 0.3) is 0 Å². The lowest BCUT2D eigenvalue weighted by molar-refractivity contribution is -0.143. The van der Waals surface area contributed by atoms with Crippen molar-refractivity contribution in [1.29, 1.82) is 0 Å². The predicted molar refractivity (Wildman–Crippen MR) is 77.7 cm³/mol. The summed E-state index contributed by atoms with van der Waals surface area (Å²) in [5.74, 6) is -0.386. The van der Waals surface area contributed by atoms with Crippen LogP contribution in [0.1, 0.15) is 32.6 Å². The van der Waals surface area contributed by atoms with Crippen molar-refractivity contribution in [2.75, 3.05) is 18.5 Å². The van der Waals surface area contributed by atoms with Gasteiger partial charge in [0.1, 0.15) is 5.82 Å². The molecule has 0 aliphatic carbocycles. The maximum Gasteiger partial charge on any atom is 0.305 e. The van der Waals surface area contributed by atoms with Crippen molar-refractivity contribution in [1.82, 2.24) is 0 Å². The molecule has 0 aromatic heterocycles. The van der Waals surface area contributed by atoms with Crippen LogP contribution in [0.2, 0.25) is 0 Å². The van der Waals surface area contributed by atoms with E-state index in [1.54, 1.807) is 6.07 Å². The fraction of sp³-hybridized carbons (Fsp3) is 0.500. The summed E-state index contributed by atoms with van der Waals surface area (Å²) in [4.78, 5) is 11.1. The first-order valence-electron chi connectivity index (χ1n) is 6.48. The Morgan fingerprint density at radius 2 is 2.16 bits per heavy atom. The van der Waals surface area contributed by atoms with E-state index in [4.69, 9.17) is 4.74 Å². The number of anilines is 1. The van der Waals surface area contributed by atoms with Gasteiger partial charge >= 0.3 is 5.97 Å². The molecule has 0 unspecified atom stereocenters. The Bertz CT molecular complexity index is 412. The molecule has 0 spiro atoms. The monoisotopic (exact) mass is 331 g/mol. The zero-order chi connectivity index (χ0) is 14.1. The van der Waals surface area contributed by atoms with Crippen LogP contribution in [-0.2, 0) is 9.53 Å². The van der Waals surface area contributed by atoms with Crippen LogP contribution in [0.3, 0.4) is 0 Å². The predicted octanol–water partition coefficient (Wildman–Crippen LogP) is 4.12. The molecule has 1 aromatic rings. The van der Waals surface area contributed by atoms with E-state index >= 15 is 0 Å². The first kappa shape index (κ1) is 16.0. The highest BCUT2D eigenvalue weighted by Gasteiger charge is 2.02. The van der Waals surface area contributed by atoms with Crippen molar-refractivity contribution < 1.29 is 13.9 Å². The van der Waals surface area contributed by atoms with E-state index in [-0.39, 0.29) is 11.8 Å². The van der Waals surface area contributed by atoms with E-state index in [0.29, 0.717) is 13.0 Å². The minimum absolute atomic E-state index is 0.128. The number of ether oxygens (including phenoxy) is 1. The molecule has 3 nitrogen and oxygen atoms in total. The van der Waals surface area contributed by atoms with Crippen molar-refractivity contribution >= 4 is 27.6 Å². The lowest BCUT2D eigenvalue weighted by Gasteiger charge is -2.08. The average molecular weight is 332 g/mol. The molecule has 19 heavy (non-hydrogen) atoms. The van der Waals surface area contributed by atoms with Crippen molar-refractivity contribution in [2.24, 2.45) is 0 Å². The van der Waals surface area contributed by atoms with Gasteiger partial charge in [0.05, 0.1) is 6.61 Å². The van der Waals surface area contributed by atoms with Crippen LogP contribution < -0.4 is 5.32 Å². The maximum atomic E-state index is 12.9. The lowest BCUT2D eigenvalue weighted by Crippen LogP contribution is -2.05. The van der Waals surface area contributed by atoms with Crippen molar-refractivity contribution in [3.8, 4) is 0 Å². The zero-order valence-corrected chi connectivity index (χ0v) is 12.6. The van der Waals surface area contributed by atoms with Gasteiger partial charge in [0.2, 0.25) is 0 Å². The van der Waals surface area contributed by atoms with Crippen LogP contribution >= 0.6 is 15.9 Å². The van der Waals surface area contributed by atoms with Crippen LogP contribution in [0, 0.1) is 5.82 Å². The van der Waals surface area contributed by atoms with Gasteiger partial charge in [-0.05, 0) is 53.9 Å². The quantitative estimate of drug-likeness (QED) is 0.575. The molecule has 0 saturated heterocycles. The topological polar surface area (TPSA) is 38.3 Å². The summed E-state index contributed by atoms with van der Waals surface area (Å²) in [5.41, 5.74) is 0.881. The number of nitrogens with one attached hydrogen (secondary N) is 1. The third-order valence-corrected chi connectivity index (χ3v) is 3.27. The van der Waals surface area contributed by atoms with E-state index in [2.05, 4.69) is 21.2 Å². The van der Waals surface area contributed by atoms with Crippen LogP contribution in [0.5, 0.6) is 0 Å². The second-order valence-corrected chi connectivity index (χ2v) is 5.02. The van der Waals surface area contributed by atoms with Gasteiger partial charge in [-0.25, -0.2) is 4.39 Å². The molecule has 106 valence electrons. The second kappa shape index (κ2) is 8.91. The largest absolute Gasteiger partial charge is 0.466 e. The third-order valence-electron chi connectivity index (χ3n) is 2.61. The molecule has 0 heterocycles. The van der Waals surface area contributed by atoms with Gasteiger partial charge in [0.15, 0.2) is 0 Å². The normalized spacial score (nSPS) is 10.3. The summed E-state index contributed by atoms with van der Waals surface area (Å²) in [5, 5.41) is 3.22. The molecular weight excluding hydrogens is 313 g/mol. The number of hydrogen-bond acceptors (Lipinski definition) is 3. The standard InChI is InChI=1S/C14H19BrFNO2/c1-2-19-14(18)6-4-3-5-9-17-13-8-7-11(16)10-12(13)15/h7-8,10,17H,2-6,9H2,1H3.